The Hall–Kier alpha value is -1.28. The highest BCUT2D eigenvalue weighted by Crippen LogP contribution is 2.41. The minimum Gasteiger partial charge on any atom is -0.504 e. The van der Waals surface area contributed by atoms with Crippen molar-refractivity contribution in [1.29, 1.82) is 5.26 Å². The van der Waals surface area contributed by atoms with Crippen LogP contribution in [0.3, 0.4) is 0 Å². The van der Waals surface area contributed by atoms with E-state index >= 15 is 0 Å². The molecule has 0 aliphatic heterocycles. The summed E-state index contributed by atoms with van der Waals surface area (Å²) in [7, 11) is 1.29. The molecule has 3 nitrogen and oxygen atoms in total. The van der Waals surface area contributed by atoms with Crippen molar-refractivity contribution >= 4 is 15.9 Å². The molecular weight excluding hydrogens is 277 g/mol. The zero-order chi connectivity index (χ0) is 12.5. The molecular formula is C11H11BrFNO2. The lowest BCUT2D eigenvalue weighted by molar-refractivity contribution is 0.354. The van der Waals surface area contributed by atoms with Gasteiger partial charge in [-0.2, -0.15) is 9.65 Å². The third-order valence-corrected chi connectivity index (χ3v) is 2.91. The second-order valence-electron chi connectivity index (χ2n) is 3.84. The number of phenols is 1. The summed E-state index contributed by atoms with van der Waals surface area (Å²) in [5, 5.41) is 18.4. The molecule has 0 unspecified atom stereocenters. The van der Waals surface area contributed by atoms with Gasteiger partial charge in [0.2, 0.25) is 5.82 Å². The predicted octanol–water partition coefficient (Wildman–Crippen LogP) is 3.10. The SMILES string of the molecule is COc1c(C(C)(C)C#N)cc(Br)c(O)c1F. The van der Waals surface area contributed by atoms with Crippen LogP contribution < -0.4 is 4.74 Å². The minimum atomic E-state index is -0.900. The number of nitriles is 1. The largest absolute Gasteiger partial charge is 0.504 e. The van der Waals surface area contributed by atoms with Crippen LogP contribution in [0.2, 0.25) is 0 Å². The molecule has 16 heavy (non-hydrogen) atoms. The van der Waals surface area contributed by atoms with Crippen molar-refractivity contribution in [2.75, 3.05) is 7.11 Å². The molecule has 0 fully saturated rings. The molecule has 0 aromatic heterocycles. The lowest BCUT2D eigenvalue weighted by Crippen LogP contribution is -2.16. The summed E-state index contributed by atoms with van der Waals surface area (Å²) < 4.78 is 18.8. The number of phenolic OH excluding ortho intramolecular Hbond substituents is 1. The van der Waals surface area contributed by atoms with Crippen LogP contribution in [0.4, 0.5) is 4.39 Å². The van der Waals surface area contributed by atoms with Gasteiger partial charge in [0.25, 0.3) is 0 Å². The van der Waals surface area contributed by atoms with Gasteiger partial charge in [-0.25, -0.2) is 0 Å². The first-order valence-electron chi connectivity index (χ1n) is 4.51. The van der Waals surface area contributed by atoms with Crippen molar-refractivity contribution < 1.29 is 14.2 Å². The van der Waals surface area contributed by atoms with Gasteiger partial charge in [-0.15, -0.1) is 0 Å². The minimum absolute atomic E-state index is 0.104. The van der Waals surface area contributed by atoms with E-state index in [9.17, 15) is 9.50 Å². The van der Waals surface area contributed by atoms with Gasteiger partial charge < -0.3 is 9.84 Å². The number of hydrogen-bond acceptors (Lipinski definition) is 3. The molecule has 1 aromatic carbocycles. The Labute approximate surface area is 102 Å². The lowest BCUT2D eigenvalue weighted by Gasteiger charge is -2.20. The summed E-state index contributed by atoms with van der Waals surface area (Å²) >= 11 is 3.03. The summed E-state index contributed by atoms with van der Waals surface area (Å²) in [6, 6.07) is 3.54. The molecule has 0 aliphatic carbocycles. The quantitative estimate of drug-likeness (QED) is 0.909. The number of methoxy groups -OCH3 is 1. The van der Waals surface area contributed by atoms with Crippen molar-refractivity contribution in [2.45, 2.75) is 19.3 Å². The number of hydrogen-bond donors (Lipinski definition) is 1. The van der Waals surface area contributed by atoms with Crippen molar-refractivity contribution in [3.63, 3.8) is 0 Å². The number of rotatable bonds is 2. The van der Waals surface area contributed by atoms with E-state index in [1.165, 1.54) is 13.2 Å². The van der Waals surface area contributed by atoms with Gasteiger partial charge in [0.1, 0.15) is 0 Å². The fourth-order valence-corrected chi connectivity index (χ4v) is 1.72. The van der Waals surface area contributed by atoms with Gasteiger partial charge >= 0.3 is 0 Å². The molecule has 5 heteroatoms. The van der Waals surface area contributed by atoms with E-state index < -0.39 is 17.0 Å². The maximum Gasteiger partial charge on any atom is 0.208 e. The van der Waals surface area contributed by atoms with Gasteiger partial charge in [-0.1, -0.05) is 0 Å². The van der Waals surface area contributed by atoms with Gasteiger partial charge in [-0.05, 0) is 35.8 Å². The molecule has 0 atom stereocenters. The third kappa shape index (κ3) is 1.98. The zero-order valence-electron chi connectivity index (χ0n) is 9.14. The summed E-state index contributed by atoms with van der Waals surface area (Å²) in [5.41, 5.74) is -0.512. The van der Waals surface area contributed by atoms with Crippen LogP contribution in [-0.4, -0.2) is 12.2 Å². The van der Waals surface area contributed by atoms with Crippen LogP contribution in [0.5, 0.6) is 11.5 Å². The maximum atomic E-state index is 13.7. The highest BCUT2D eigenvalue weighted by Gasteiger charge is 2.29. The Bertz CT molecular complexity index is 466. The number of aromatic hydroxyl groups is 1. The monoisotopic (exact) mass is 287 g/mol. The second-order valence-corrected chi connectivity index (χ2v) is 4.69. The Balaban J connectivity index is 3.59. The van der Waals surface area contributed by atoms with Crippen LogP contribution in [0.1, 0.15) is 19.4 Å². The Morgan fingerprint density at radius 3 is 2.56 bits per heavy atom. The predicted molar refractivity (Wildman–Crippen MR) is 61.0 cm³/mol. The molecule has 1 aromatic rings. The fourth-order valence-electron chi connectivity index (χ4n) is 1.32. The van der Waals surface area contributed by atoms with Crippen LogP contribution >= 0.6 is 15.9 Å². The van der Waals surface area contributed by atoms with Crippen molar-refractivity contribution in [3.8, 4) is 17.6 Å². The van der Waals surface area contributed by atoms with E-state index in [4.69, 9.17) is 10.00 Å². The van der Waals surface area contributed by atoms with E-state index in [2.05, 4.69) is 22.0 Å². The van der Waals surface area contributed by atoms with Crippen LogP contribution in [-0.2, 0) is 5.41 Å². The van der Waals surface area contributed by atoms with E-state index in [-0.39, 0.29) is 10.2 Å². The van der Waals surface area contributed by atoms with Gasteiger partial charge in [0.15, 0.2) is 11.5 Å². The first-order valence-corrected chi connectivity index (χ1v) is 5.31. The molecule has 0 saturated carbocycles. The van der Waals surface area contributed by atoms with E-state index in [0.29, 0.717) is 5.56 Å². The van der Waals surface area contributed by atoms with E-state index in [1.54, 1.807) is 13.8 Å². The molecule has 86 valence electrons. The molecule has 0 saturated heterocycles. The van der Waals surface area contributed by atoms with E-state index in [1.807, 2.05) is 0 Å². The highest BCUT2D eigenvalue weighted by atomic mass is 79.9. The lowest BCUT2D eigenvalue weighted by atomic mass is 9.85. The van der Waals surface area contributed by atoms with Crippen molar-refractivity contribution in [2.24, 2.45) is 0 Å². The van der Waals surface area contributed by atoms with Crippen LogP contribution in [0.15, 0.2) is 10.5 Å². The third-order valence-electron chi connectivity index (χ3n) is 2.31. The van der Waals surface area contributed by atoms with Gasteiger partial charge in [-0.3, -0.25) is 0 Å². The normalized spacial score (nSPS) is 11.0. The zero-order valence-corrected chi connectivity index (χ0v) is 10.7. The second kappa shape index (κ2) is 4.30. The van der Waals surface area contributed by atoms with Gasteiger partial charge in [0.05, 0.1) is 23.1 Å². The fraction of sp³-hybridized carbons (Fsp3) is 0.364. The van der Waals surface area contributed by atoms with Crippen molar-refractivity contribution in [1.82, 2.24) is 0 Å². The summed E-state index contributed by atoms with van der Waals surface area (Å²) in [4.78, 5) is 0. The number of benzene rings is 1. The van der Waals surface area contributed by atoms with Gasteiger partial charge in [0, 0.05) is 5.56 Å². The first-order chi connectivity index (χ1) is 7.35. The molecule has 0 heterocycles. The average molecular weight is 288 g/mol. The standard InChI is InChI=1S/C11H11BrFNO2/c1-11(2,5-14)6-4-7(12)9(15)8(13)10(6)16-3/h4,15H,1-3H3. The average Bonchev–Trinajstić information content (AvgIpc) is 2.25. The smallest absolute Gasteiger partial charge is 0.208 e. The van der Waals surface area contributed by atoms with Crippen LogP contribution in [0, 0.1) is 17.1 Å². The topological polar surface area (TPSA) is 53.2 Å². The molecule has 0 radical (unpaired) electrons. The molecule has 0 amide bonds. The Morgan fingerprint density at radius 2 is 2.12 bits per heavy atom. The molecule has 0 aliphatic rings. The summed E-state index contributed by atoms with van der Waals surface area (Å²) in [5.74, 6) is -1.49. The summed E-state index contributed by atoms with van der Waals surface area (Å²) in [6.45, 7) is 3.29. The molecule has 1 N–H and O–H groups in total. The molecule has 0 spiro atoms. The molecule has 0 bridgehead atoms. The number of halogens is 2. The Kier molecular flexibility index (Phi) is 3.44. The Morgan fingerprint density at radius 1 is 1.56 bits per heavy atom. The summed E-state index contributed by atoms with van der Waals surface area (Å²) in [6.07, 6.45) is 0. The molecule has 1 rings (SSSR count). The first kappa shape index (κ1) is 12.8. The van der Waals surface area contributed by atoms with Crippen LogP contribution in [0.25, 0.3) is 0 Å². The maximum absolute atomic E-state index is 13.7. The number of ether oxygens (including phenoxy) is 1. The van der Waals surface area contributed by atoms with Crippen molar-refractivity contribution in [3.05, 3.63) is 21.9 Å². The highest BCUT2D eigenvalue weighted by molar-refractivity contribution is 9.10. The van der Waals surface area contributed by atoms with E-state index in [0.717, 1.165) is 0 Å². The number of nitrogens with zero attached hydrogens (tertiary/aromatic N) is 1.